The molecule has 26 heavy (non-hydrogen) atoms. The number of pyridine rings is 1. The smallest absolute Gasteiger partial charge is 0.383 e. The number of benzene rings is 2. The van der Waals surface area contributed by atoms with Gasteiger partial charge in [-0.15, -0.1) is 11.3 Å². The number of hydrogen-bond donors (Lipinski definition) is 1. The minimum atomic E-state index is -4.36. The van der Waals surface area contributed by atoms with Crippen LogP contribution in [0, 0.1) is 0 Å². The topological polar surface area (TPSA) is 56.0 Å². The Morgan fingerprint density at radius 3 is 2.38 bits per heavy atom. The van der Waals surface area contributed by atoms with Crippen molar-refractivity contribution >= 4 is 43.6 Å². The van der Waals surface area contributed by atoms with E-state index in [2.05, 4.69) is 4.98 Å². The number of nitrogens with zero attached hydrogens (tertiary/aromatic N) is 1. The molecular weight excluding hydrogens is 361 g/mol. The standard InChI is InChI=1S/C19H11F3N2OS/c20-19(21,22)13-4-1-10(2-5-13)11-3-6-14-15(7-11)26-17-12(9-25)8-24-18(23)16(14)17/h1-9H,(H2,23,24). The molecule has 0 saturated carbocycles. The third-order valence-corrected chi connectivity index (χ3v) is 5.43. The van der Waals surface area contributed by atoms with Gasteiger partial charge in [-0.1, -0.05) is 24.3 Å². The number of nitrogens with two attached hydrogens (primary N) is 1. The number of nitrogen functional groups attached to an aromatic ring is 1. The van der Waals surface area contributed by atoms with Crippen LogP contribution in [0.4, 0.5) is 19.0 Å². The Balaban J connectivity index is 1.87. The highest BCUT2D eigenvalue weighted by atomic mass is 32.1. The van der Waals surface area contributed by atoms with Gasteiger partial charge >= 0.3 is 6.18 Å². The first-order valence-electron chi connectivity index (χ1n) is 7.62. The molecule has 0 bridgehead atoms. The Bertz CT molecular complexity index is 1150. The number of anilines is 1. The summed E-state index contributed by atoms with van der Waals surface area (Å²) in [6, 6.07) is 10.6. The SMILES string of the molecule is Nc1ncc(C=O)c2sc3cc(-c4ccc(C(F)(F)F)cc4)ccc3c12. The Morgan fingerprint density at radius 1 is 1.04 bits per heavy atom. The highest BCUT2D eigenvalue weighted by Gasteiger charge is 2.30. The second-order valence-corrected chi connectivity index (χ2v) is 6.86. The summed E-state index contributed by atoms with van der Waals surface area (Å²) < 4.78 is 39.8. The zero-order valence-corrected chi connectivity index (χ0v) is 14.0. The molecule has 0 aliphatic carbocycles. The van der Waals surface area contributed by atoms with Crippen molar-refractivity contribution in [3.05, 3.63) is 59.8 Å². The van der Waals surface area contributed by atoms with Gasteiger partial charge in [-0.25, -0.2) is 4.98 Å². The van der Waals surface area contributed by atoms with Gasteiger partial charge in [0.25, 0.3) is 0 Å². The van der Waals surface area contributed by atoms with Crippen molar-refractivity contribution in [1.29, 1.82) is 0 Å². The molecule has 2 aromatic heterocycles. The van der Waals surface area contributed by atoms with Gasteiger partial charge in [0.15, 0.2) is 6.29 Å². The lowest BCUT2D eigenvalue weighted by molar-refractivity contribution is -0.137. The van der Waals surface area contributed by atoms with Gasteiger partial charge in [-0.05, 0) is 29.3 Å². The van der Waals surface area contributed by atoms with E-state index >= 15 is 0 Å². The summed E-state index contributed by atoms with van der Waals surface area (Å²) in [6.07, 6.45) is -2.18. The fourth-order valence-corrected chi connectivity index (χ4v) is 4.15. The van der Waals surface area contributed by atoms with Crippen LogP contribution in [0.5, 0.6) is 0 Å². The van der Waals surface area contributed by atoms with E-state index in [1.165, 1.54) is 29.7 Å². The largest absolute Gasteiger partial charge is 0.416 e. The molecule has 0 fully saturated rings. The molecule has 4 aromatic rings. The average molecular weight is 372 g/mol. The van der Waals surface area contributed by atoms with Crippen LogP contribution in [0.1, 0.15) is 15.9 Å². The minimum absolute atomic E-state index is 0.346. The number of hydrogen-bond acceptors (Lipinski definition) is 4. The molecular formula is C19H11F3N2OS. The Labute approximate surface area is 149 Å². The van der Waals surface area contributed by atoms with Crippen molar-refractivity contribution < 1.29 is 18.0 Å². The number of fused-ring (bicyclic) bond motifs is 3. The summed E-state index contributed by atoms with van der Waals surface area (Å²) in [5, 5.41) is 1.60. The number of aromatic nitrogens is 1. The van der Waals surface area contributed by atoms with Gasteiger partial charge in [0.05, 0.1) is 15.8 Å². The molecule has 4 rings (SSSR count). The molecule has 0 saturated heterocycles. The molecule has 2 heterocycles. The quantitative estimate of drug-likeness (QED) is 0.471. The molecule has 130 valence electrons. The van der Waals surface area contributed by atoms with Gasteiger partial charge in [-0.2, -0.15) is 13.2 Å². The summed E-state index contributed by atoms with van der Waals surface area (Å²) in [7, 11) is 0. The first-order chi connectivity index (χ1) is 12.4. The lowest BCUT2D eigenvalue weighted by Crippen LogP contribution is -2.03. The maximum atomic E-state index is 12.7. The number of carbonyl (C=O) groups excluding carboxylic acids is 1. The molecule has 0 unspecified atom stereocenters. The predicted molar refractivity (Wildman–Crippen MR) is 97.4 cm³/mol. The highest BCUT2D eigenvalue weighted by molar-refractivity contribution is 7.26. The summed E-state index contributed by atoms with van der Waals surface area (Å²) in [5.41, 5.74) is 7.22. The van der Waals surface area contributed by atoms with Crippen LogP contribution >= 0.6 is 11.3 Å². The average Bonchev–Trinajstić information content (AvgIpc) is 3.01. The lowest BCUT2D eigenvalue weighted by atomic mass is 10.0. The first kappa shape index (κ1) is 16.5. The van der Waals surface area contributed by atoms with Crippen LogP contribution in [0.25, 0.3) is 31.3 Å². The maximum Gasteiger partial charge on any atom is 0.416 e. The first-order valence-corrected chi connectivity index (χ1v) is 8.43. The van der Waals surface area contributed by atoms with E-state index in [1.807, 2.05) is 18.2 Å². The zero-order valence-electron chi connectivity index (χ0n) is 13.2. The van der Waals surface area contributed by atoms with Crippen molar-refractivity contribution in [1.82, 2.24) is 4.98 Å². The van der Waals surface area contributed by atoms with E-state index in [4.69, 9.17) is 5.73 Å². The molecule has 0 atom stereocenters. The molecule has 0 spiro atoms. The minimum Gasteiger partial charge on any atom is -0.383 e. The number of aldehydes is 1. The number of carbonyl (C=O) groups is 1. The number of alkyl halides is 3. The third kappa shape index (κ3) is 2.61. The summed E-state index contributed by atoms with van der Waals surface area (Å²) in [4.78, 5) is 15.3. The molecule has 7 heteroatoms. The normalized spacial score (nSPS) is 12.0. The van der Waals surface area contributed by atoms with E-state index in [9.17, 15) is 18.0 Å². The van der Waals surface area contributed by atoms with E-state index < -0.39 is 11.7 Å². The molecule has 0 aliphatic rings. The van der Waals surface area contributed by atoms with Gasteiger partial charge < -0.3 is 5.73 Å². The number of halogens is 3. The van der Waals surface area contributed by atoms with E-state index in [1.54, 1.807) is 0 Å². The predicted octanol–water partition coefficient (Wildman–Crippen LogP) is 5.53. The van der Waals surface area contributed by atoms with Crippen LogP contribution in [0.2, 0.25) is 0 Å². The Kier molecular flexibility index (Phi) is 3.69. The van der Waals surface area contributed by atoms with Crippen molar-refractivity contribution in [3.8, 4) is 11.1 Å². The van der Waals surface area contributed by atoms with E-state index in [0.717, 1.165) is 44.2 Å². The monoisotopic (exact) mass is 372 g/mol. The number of rotatable bonds is 2. The Hall–Kier alpha value is -2.93. The molecule has 2 aromatic carbocycles. The van der Waals surface area contributed by atoms with Crippen molar-refractivity contribution in [3.63, 3.8) is 0 Å². The summed E-state index contributed by atoms with van der Waals surface area (Å²) >= 11 is 1.41. The van der Waals surface area contributed by atoms with E-state index in [-0.39, 0.29) is 0 Å². The van der Waals surface area contributed by atoms with Crippen molar-refractivity contribution in [2.45, 2.75) is 6.18 Å². The molecule has 0 radical (unpaired) electrons. The molecule has 3 nitrogen and oxygen atoms in total. The summed E-state index contributed by atoms with van der Waals surface area (Å²) in [6.45, 7) is 0. The van der Waals surface area contributed by atoms with Gasteiger partial charge in [-0.3, -0.25) is 4.79 Å². The van der Waals surface area contributed by atoms with Gasteiger partial charge in [0.1, 0.15) is 5.82 Å². The van der Waals surface area contributed by atoms with Crippen LogP contribution in [0.15, 0.2) is 48.7 Å². The van der Waals surface area contributed by atoms with E-state index in [0.29, 0.717) is 16.9 Å². The maximum absolute atomic E-state index is 12.7. The molecule has 0 aliphatic heterocycles. The third-order valence-electron chi connectivity index (χ3n) is 4.22. The lowest BCUT2D eigenvalue weighted by Gasteiger charge is -2.08. The fraction of sp³-hybridized carbons (Fsp3) is 0.0526. The molecule has 2 N–H and O–H groups in total. The van der Waals surface area contributed by atoms with Crippen LogP contribution in [-0.4, -0.2) is 11.3 Å². The molecule has 0 amide bonds. The second kappa shape index (κ2) is 5.81. The Morgan fingerprint density at radius 2 is 1.73 bits per heavy atom. The van der Waals surface area contributed by atoms with Crippen LogP contribution < -0.4 is 5.73 Å². The zero-order chi connectivity index (χ0) is 18.5. The fourth-order valence-electron chi connectivity index (χ4n) is 2.93. The highest BCUT2D eigenvalue weighted by Crippen LogP contribution is 2.40. The van der Waals surface area contributed by atoms with Gasteiger partial charge in [0.2, 0.25) is 0 Å². The van der Waals surface area contributed by atoms with Crippen LogP contribution in [0.3, 0.4) is 0 Å². The van der Waals surface area contributed by atoms with Crippen LogP contribution in [-0.2, 0) is 6.18 Å². The second-order valence-electron chi connectivity index (χ2n) is 5.81. The van der Waals surface area contributed by atoms with Crippen molar-refractivity contribution in [2.24, 2.45) is 0 Å². The summed E-state index contributed by atoms with van der Waals surface area (Å²) in [5.74, 6) is 0.346. The number of thiophene rings is 1. The van der Waals surface area contributed by atoms with Crippen molar-refractivity contribution in [2.75, 3.05) is 5.73 Å². The van der Waals surface area contributed by atoms with Gasteiger partial charge in [0, 0.05) is 21.7 Å².